The molecule has 0 unspecified atom stereocenters. The van der Waals surface area contributed by atoms with Gasteiger partial charge in [0.05, 0.1) is 16.8 Å². The Bertz CT molecular complexity index is 1020. The van der Waals surface area contributed by atoms with Crippen LogP contribution in [0.4, 0.5) is 0 Å². The molecular formula is C19H16N4O2S. The molecule has 7 heteroatoms. The number of ketones is 1. The summed E-state index contributed by atoms with van der Waals surface area (Å²) < 4.78 is 0. The molecule has 0 radical (unpaired) electrons. The number of aromatic nitrogens is 1. The first-order valence-corrected chi connectivity index (χ1v) is 8.23. The zero-order valence-electron chi connectivity index (χ0n) is 13.9. The van der Waals surface area contributed by atoms with Crippen molar-refractivity contribution in [1.29, 1.82) is 0 Å². The van der Waals surface area contributed by atoms with Crippen molar-refractivity contribution in [3.8, 4) is 11.3 Å². The lowest BCUT2D eigenvalue weighted by Crippen LogP contribution is -2.42. The van der Waals surface area contributed by atoms with Crippen LogP contribution in [0.5, 0.6) is 0 Å². The van der Waals surface area contributed by atoms with E-state index in [0.717, 1.165) is 5.56 Å². The van der Waals surface area contributed by atoms with Gasteiger partial charge in [-0.05, 0) is 43.4 Å². The topological polar surface area (TPSA) is 97.1 Å². The average Bonchev–Trinajstić information content (AvgIpc) is 2.67. The molecule has 2 aromatic carbocycles. The first-order chi connectivity index (χ1) is 12.5. The normalized spacial score (nSPS) is 10.4. The Morgan fingerprint density at radius 2 is 1.81 bits per heavy atom. The Labute approximate surface area is 155 Å². The van der Waals surface area contributed by atoms with Crippen molar-refractivity contribution in [2.75, 3.05) is 0 Å². The van der Waals surface area contributed by atoms with Crippen LogP contribution in [0.25, 0.3) is 22.2 Å². The minimum atomic E-state index is -0.432. The molecule has 1 heterocycles. The second kappa shape index (κ2) is 7.38. The predicted molar refractivity (Wildman–Crippen MR) is 105 cm³/mol. The van der Waals surface area contributed by atoms with E-state index in [0.29, 0.717) is 27.7 Å². The number of rotatable bonds is 3. The van der Waals surface area contributed by atoms with E-state index < -0.39 is 5.91 Å². The van der Waals surface area contributed by atoms with E-state index in [4.69, 9.17) is 18.1 Å². The number of thiocarbonyl (C=S) groups is 1. The molecule has 0 saturated carbocycles. The van der Waals surface area contributed by atoms with Crippen molar-refractivity contribution in [2.24, 2.45) is 5.84 Å². The molecule has 1 aromatic heterocycles. The minimum Gasteiger partial charge on any atom is -0.301 e. The van der Waals surface area contributed by atoms with Gasteiger partial charge in [-0.1, -0.05) is 30.3 Å². The van der Waals surface area contributed by atoms with E-state index in [-0.39, 0.29) is 10.9 Å². The number of fused-ring (bicyclic) bond motifs is 1. The summed E-state index contributed by atoms with van der Waals surface area (Å²) in [6.07, 6.45) is 0. The lowest BCUT2D eigenvalue weighted by atomic mass is 10.0. The number of amides is 1. The molecule has 0 aliphatic rings. The highest BCUT2D eigenvalue weighted by Crippen LogP contribution is 2.26. The number of hydrogen-bond donors (Lipinski definition) is 3. The van der Waals surface area contributed by atoms with Crippen LogP contribution in [-0.4, -0.2) is 21.8 Å². The Morgan fingerprint density at radius 3 is 2.46 bits per heavy atom. The number of Topliss-reactive ketones (excluding diaryl/α,β-unsaturated/α-hetero) is 1. The van der Waals surface area contributed by atoms with E-state index in [1.807, 2.05) is 30.3 Å². The number of nitrogens with two attached hydrogens (primary N) is 1. The molecule has 130 valence electrons. The van der Waals surface area contributed by atoms with Crippen LogP contribution >= 0.6 is 12.2 Å². The van der Waals surface area contributed by atoms with Gasteiger partial charge in [0.25, 0.3) is 5.91 Å². The Balaban J connectivity index is 2.22. The van der Waals surface area contributed by atoms with Crippen LogP contribution in [0.2, 0.25) is 0 Å². The summed E-state index contributed by atoms with van der Waals surface area (Å²) in [4.78, 5) is 29.0. The molecule has 0 atom stereocenters. The van der Waals surface area contributed by atoms with Crippen LogP contribution in [0, 0.1) is 0 Å². The number of benzene rings is 2. The van der Waals surface area contributed by atoms with Gasteiger partial charge < -0.3 is 5.43 Å². The second-order valence-corrected chi connectivity index (χ2v) is 6.05. The molecule has 0 aliphatic heterocycles. The standard InChI is InChI=1S/C19H16N4O2S/c1-11(24)13-7-8-16-14(9-13)15(18(25)22-19(26)23-20)10-17(21-16)12-5-3-2-4-6-12/h2-10H,20H2,1H3,(H2,22,23,25,26). The highest BCUT2D eigenvalue weighted by molar-refractivity contribution is 7.80. The molecule has 4 N–H and O–H groups in total. The lowest BCUT2D eigenvalue weighted by molar-refractivity contribution is 0.0975. The van der Waals surface area contributed by atoms with Gasteiger partial charge in [-0.3, -0.25) is 14.9 Å². The molecular weight excluding hydrogens is 348 g/mol. The van der Waals surface area contributed by atoms with Gasteiger partial charge in [-0.25, -0.2) is 10.8 Å². The summed E-state index contributed by atoms with van der Waals surface area (Å²) in [6.45, 7) is 1.47. The number of nitrogens with zero attached hydrogens (tertiary/aromatic N) is 1. The summed E-state index contributed by atoms with van der Waals surface area (Å²) >= 11 is 4.91. The first-order valence-electron chi connectivity index (χ1n) is 7.82. The summed E-state index contributed by atoms with van der Waals surface area (Å²) in [5, 5.41) is 3.08. The van der Waals surface area contributed by atoms with Crippen LogP contribution in [0.1, 0.15) is 27.6 Å². The van der Waals surface area contributed by atoms with E-state index >= 15 is 0 Å². The number of carbonyl (C=O) groups is 2. The maximum absolute atomic E-state index is 12.7. The Kier molecular flexibility index (Phi) is 5.01. The fraction of sp³-hybridized carbons (Fsp3) is 0.0526. The molecule has 0 spiro atoms. The molecule has 26 heavy (non-hydrogen) atoms. The van der Waals surface area contributed by atoms with Gasteiger partial charge in [0.1, 0.15) is 0 Å². The van der Waals surface area contributed by atoms with Crippen molar-refractivity contribution < 1.29 is 9.59 Å². The molecule has 6 nitrogen and oxygen atoms in total. The number of nitrogens with one attached hydrogen (secondary N) is 2. The molecule has 1 amide bonds. The minimum absolute atomic E-state index is 0.00365. The first kappa shape index (κ1) is 17.7. The monoisotopic (exact) mass is 364 g/mol. The van der Waals surface area contributed by atoms with E-state index in [9.17, 15) is 9.59 Å². The van der Waals surface area contributed by atoms with Gasteiger partial charge in [-0.15, -0.1) is 0 Å². The Morgan fingerprint density at radius 1 is 1.08 bits per heavy atom. The maximum atomic E-state index is 12.7. The zero-order chi connectivity index (χ0) is 18.7. The van der Waals surface area contributed by atoms with E-state index in [1.54, 1.807) is 24.3 Å². The molecule has 0 saturated heterocycles. The molecule has 0 aliphatic carbocycles. The second-order valence-electron chi connectivity index (χ2n) is 5.64. The number of carbonyl (C=O) groups excluding carboxylic acids is 2. The third-order valence-corrected chi connectivity index (χ3v) is 4.11. The van der Waals surface area contributed by atoms with E-state index in [1.165, 1.54) is 6.92 Å². The maximum Gasteiger partial charge on any atom is 0.258 e. The number of pyridine rings is 1. The van der Waals surface area contributed by atoms with Gasteiger partial charge in [0.2, 0.25) is 0 Å². The van der Waals surface area contributed by atoms with Crippen molar-refractivity contribution in [3.63, 3.8) is 0 Å². The smallest absolute Gasteiger partial charge is 0.258 e. The predicted octanol–water partition coefficient (Wildman–Crippen LogP) is 2.58. The van der Waals surface area contributed by atoms with Crippen LogP contribution in [0.15, 0.2) is 54.6 Å². The van der Waals surface area contributed by atoms with E-state index in [2.05, 4.69) is 15.7 Å². The van der Waals surface area contributed by atoms with Crippen LogP contribution in [-0.2, 0) is 0 Å². The van der Waals surface area contributed by atoms with Crippen molar-refractivity contribution in [1.82, 2.24) is 15.7 Å². The van der Waals surface area contributed by atoms with Crippen molar-refractivity contribution in [2.45, 2.75) is 6.92 Å². The quantitative estimate of drug-likeness (QED) is 0.286. The van der Waals surface area contributed by atoms with Gasteiger partial charge >= 0.3 is 0 Å². The van der Waals surface area contributed by atoms with Gasteiger partial charge in [0.15, 0.2) is 10.9 Å². The number of hydrazine groups is 1. The molecule has 3 rings (SSSR count). The molecule has 0 bridgehead atoms. The fourth-order valence-corrected chi connectivity index (χ4v) is 2.69. The van der Waals surface area contributed by atoms with Crippen LogP contribution in [0.3, 0.4) is 0 Å². The third kappa shape index (κ3) is 3.58. The van der Waals surface area contributed by atoms with Gasteiger partial charge in [-0.2, -0.15) is 0 Å². The lowest BCUT2D eigenvalue weighted by Gasteiger charge is -2.11. The highest BCUT2D eigenvalue weighted by Gasteiger charge is 2.16. The summed E-state index contributed by atoms with van der Waals surface area (Å²) in [5.41, 5.74) is 5.20. The van der Waals surface area contributed by atoms with Crippen molar-refractivity contribution >= 4 is 39.9 Å². The largest absolute Gasteiger partial charge is 0.301 e. The molecule has 0 fully saturated rings. The summed E-state index contributed by atoms with van der Waals surface area (Å²) in [6, 6.07) is 16.3. The number of hydrogen-bond acceptors (Lipinski definition) is 5. The average molecular weight is 364 g/mol. The SMILES string of the molecule is CC(=O)c1ccc2nc(-c3ccccc3)cc(C(=O)NC(=S)NN)c2c1. The third-order valence-electron chi connectivity index (χ3n) is 3.89. The van der Waals surface area contributed by atoms with Crippen LogP contribution < -0.4 is 16.6 Å². The summed E-state index contributed by atoms with van der Waals surface area (Å²) in [5.74, 6) is 4.71. The van der Waals surface area contributed by atoms with Gasteiger partial charge in [0, 0.05) is 16.5 Å². The highest BCUT2D eigenvalue weighted by atomic mass is 32.1. The molecule has 3 aromatic rings. The Hall–Kier alpha value is -3.16. The van der Waals surface area contributed by atoms with Crippen molar-refractivity contribution in [3.05, 3.63) is 65.7 Å². The zero-order valence-corrected chi connectivity index (χ0v) is 14.8. The fourth-order valence-electron chi connectivity index (χ4n) is 2.60. The summed E-state index contributed by atoms with van der Waals surface area (Å²) in [7, 11) is 0.